The minimum atomic E-state index is -0.501. The topological polar surface area (TPSA) is 120 Å². The summed E-state index contributed by atoms with van der Waals surface area (Å²) in [6.07, 6.45) is 4.62. The summed E-state index contributed by atoms with van der Waals surface area (Å²) in [5, 5.41) is 14.6. The maximum atomic E-state index is 13.4. The van der Waals surface area contributed by atoms with Crippen molar-refractivity contribution in [2.75, 3.05) is 11.9 Å². The van der Waals surface area contributed by atoms with Gasteiger partial charge in [-0.05, 0) is 36.4 Å². The number of para-hydroxylation sites is 1. The summed E-state index contributed by atoms with van der Waals surface area (Å²) in [6.45, 7) is 0.765. The molecule has 0 saturated heterocycles. The Bertz CT molecular complexity index is 1570. The van der Waals surface area contributed by atoms with Crippen LogP contribution in [0.3, 0.4) is 0 Å². The van der Waals surface area contributed by atoms with Gasteiger partial charge in [0.2, 0.25) is 0 Å². The fraction of sp³-hybridized carbons (Fsp3) is 0.0769. The van der Waals surface area contributed by atoms with Crippen LogP contribution in [0.4, 0.5) is 5.82 Å². The standard InChI is InChI=1S/C26H20Cl2N8O2/c27-20-13-21(28)19(12-18(20)22-8-4-5-9-30-22)25(37)33-24-14-23(34-36(24)17-6-2-1-3-7-17)26(38)31-10-11-35-16-29-15-32-35/h1-9,12-16H,10-11H2,(H,31,38)(H,33,37). The zero-order chi connectivity index (χ0) is 26.5. The van der Waals surface area contributed by atoms with Gasteiger partial charge in [-0.2, -0.15) is 10.2 Å². The van der Waals surface area contributed by atoms with Crippen molar-refractivity contribution in [1.29, 1.82) is 0 Å². The van der Waals surface area contributed by atoms with Crippen molar-refractivity contribution >= 4 is 40.8 Å². The van der Waals surface area contributed by atoms with Crippen LogP contribution in [0.15, 0.2) is 85.6 Å². The molecule has 2 N–H and O–H groups in total. The first-order valence-corrected chi connectivity index (χ1v) is 12.2. The van der Waals surface area contributed by atoms with E-state index >= 15 is 0 Å². The number of hydrogen-bond acceptors (Lipinski definition) is 6. The van der Waals surface area contributed by atoms with E-state index in [0.29, 0.717) is 35.1 Å². The highest BCUT2D eigenvalue weighted by atomic mass is 35.5. The van der Waals surface area contributed by atoms with Crippen molar-refractivity contribution in [3.05, 3.63) is 107 Å². The highest BCUT2D eigenvalue weighted by Crippen LogP contribution is 2.32. The number of hydrogen-bond donors (Lipinski definition) is 2. The van der Waals surface area contributed by atoms with Crippen LogP contribution < -0.4 is 10.6 Å². The first-order chi connectivity index (χ1) is 18.5. The van der Waals surface area contributed by atoms with E-state index in [0.717, 1.165) is 0 Å². The Hall–Kier alpha value is -4.54. The van der Waals surface area contributed by atoms with E-state index in [-0.39, 0.29) is 22.1 Å². The lowest BCUT2D eigenvalue weighted by molar-refractivity contribution is 0.0945. The molecule has 190 valence electrons. The molecule has 0 aliphatic heterocycles. The van der Waals surface area contributed by atoms with Gasteiger partial charge in [-0.25, -0.2) is 9.67 Å². The van der Waals surface area contributed by atoms with Crippen LogP contribution in [-0.2, 0) is 6.54 Å². The minimum absolute atomic E-state index is 0.124. The van der Waals surface area contributed by atoms with Crippen molar-refractivity contribution in [1.82, 2.24) is 34.8 Å². The predicted molar refractivity (Wildman–Crippen MR) is 144 cm³/mol. The maximum absolute atomic E-state index is 13.4. The van der Waals surface area contributed by atoms with Gasteiger partial charge in [0.05, 0.1) is 33.5 Å². The fourth-order valence-corrected chi connectivity index (χ4v) is 4.26. The van der Waals surface area contributed by atoms with E-state index in [1.165, 1.54) is 23.1 Å². The Balaban J connectivity index is 1.42. The van der Waals surface area contributed by atoms with Crippen molar-refractivity contribution in [2.24, 2.45) is 0 Å². The summed E-state index contributed by atoms with van der Waals surface area (Å²) < 4.78 is 3.08. The quantitative estimate of drug-likeness (QED) is 0.295. The van der Waals surface area contributed by atoms with E-state index in [4.69, 9.17) is 23.2 Å². The molecule has 3 heterocycles. The van der Waals surface area contributed by atoms with Crippen LogP contribution in [0.25, 0.3) is 16.9 Å². The van der Waals surface area contributed by atoms with E-state index in [1.54, 1.807) is 35.4 Å². The third-order valence-corrected chi connectivity index (χ3v) is 6.15. The van der Waals surface area contributed by atoms with Gasteiger partial charge in [0.15, 0.2) is 5.69 Å². The van der Waals surface area contributed by atoms with Gasteiger partial charge < -0.3 is 10.6 Å². The van der Waals surface area contributed by atoms with Gasteiger partial charge in [-0.3, -0.25) is 19.3 Å². The molecule has 0 radical (unpaired) electrons. The average molecular weight is 547 g/mol. The molecule has 0 fully saturated rings. The Morgan fingerprint density at radius 1 is 0.921 bits per heavy atom. The first kappa shape index (κ1) is 25.1. The molecule has 0 saturated carbocycles. The largest absolute Gasteiger partial charge is 0.349 e. The highest BCUT2D eigenvalue weighted by molar-refractivity contribution is 6.38. The number of aromatic nitrogens is 6. The Labute approximate surface area is 227 Å². The summed E-state index contributed by atoms with van der Waals surface area (Å²) in [6, 6.07) is 19.1. The van der Waals surface area contributed by atoms with Gasteiger partial charge in [-0.1, -0.05) is 47.5 Å². The van der Waals surface area contributed by atoms with Crippen molar-refractivity contribution in [3.63, 3.8) is 0 Å². The molecule has 5 aromatic rings. The van der Waals surface area contributed by atoms with Crippen LogP contribution in [0.5, 0.6) is 0 Å². The second-order valence-corrected chi connectivity index (χ2v) is 8.87. The number of rotatable bonds is 8. The smallest absolute Gasteiger partial charge is 0.271 e. The van der Waals surface area contributed by atoms with Crippen LogP contribution in [-0.4, -0.2) is 47.9 Å². The molecule has 5 rings (SSSR count). The van der Waals surface area contributed by atoms with Gasteiger partial charge in [-0.15, -0.1) is 0 Å². The number of amides is 2. The molecule has 38 heavy (non-hydrogen) atoms. The lowest BCUT2D eigenvalue weighted by atomic mass is 10.1. The lowest BCUT2D eigenvalue weighted by Gasteiger charge is -2.12. The summed E-state index contributed by atoms with van der Waals surface area (Å²) in [5.74, 6) is -0.621. The molecular formula is C26H20Cl2N8O2. The molecule has 2 amide bonds. The Morgan fingerprint density at radius 3 is 2.47 bits per heavy atom. The number of nitrogens with one attached hydrogen (secondary N) is 2. The molecule has 0 spiro atoms. The molecule has 10 nitrogen and oxygen atoms in total. The third-order valence-electron chi connectivity index (χ3n) is 5.52. The van der Waals surface area contributed by atoms with Gasteiger partial charge in [0.25, 0.3) is 11.8 Å². The van der Waals surface area contributed by atoms with Gasteiger partial charge in [0, 0.05) is 24.4 Å². The zero-order valence-corrected chi connectivity index (χ0v) is 21.3. The molecule has 2 aromatic carbocycles. The third kappa shape index (κ3) is 5.56. The fourth-order valence-electron chi connectivity index (χ4n) is 3.69. The number of carbonyl (C=O) groups is 2. The summed E-state index contributed by atoms with van der Waals surface area (Å²) in [7, 11) is 0. The SMILES string of the molecule is O=C(NCCn1cncn1)c1cc(NC(=O)c2cc(-c3ccccn3)c(Cl)cc2Cl)n(-c2ccccc2)n1. The summed E-state index contributed by atoms with van der Waals surface area (Å²) >= 11 is 12.8. The monoisotopic (exact) mass is 546 g/mol. The molecule has 0 bridgehead atoms. The van der Waals surface area contributed by atoms with Crippen LogP contribution in [0.2, 0.25) is 10.0 Å². The number of nitrogens with zero attached hydrogens (tertiary/aromatic N) is 6. The molecule has 0 aliphatic carbocycles. The van der Waals surface area contributed by atoms with E-state index in [9.17, 15) is 9.59 Å². The maximum Gasteiger partial charge on any atom is 0.271 e. The van der Waals surface area contributed by atoms with Crippen molar-refractivity contribution in [3.8, 4) is 16.9 Å². The summed E-state index contributed by atoms with van der Waals surface area (Å²) in [5.41, 5.74) is 2.13. The second kappa shape index (κ2) is 11.2. The Morgan fingerprint density at radius 2 is 1.74 bits per heavy atom. The average Bonchev–Trinajstić information content (AvgIpc) is 3.60. The minimum Gasteiger partial charge on any atom is -0.349 e. The van der Waals surface area contributed by atoms with Gasteiger partial charge in [0.1, 0.15) is 18.5 Å². The molecular weight excluding hydrogens is 527 g/mol. The normalized spacial score (nSPS) is 10.8. The molecule has 0 aliphatic rings. The molecule has 0 atom stereocenters. The second-order valence-electron chi connectivity index (χ2n) is 8.06. The number of benzene rings is 2. The van der Waals surface area contributed by atoms with Crippen molar-refractivity contribution in [2.45, 2.75) is 6.54 Å². The van der Waals surface area contributed by atoms with E-state index in [2.05, 4.69) is 30.8 Å². The number of carbonyl (C=O) groups excluding carboxylic acids is 2. The van der Waals surface area contributed by atoms with E-state index < -0.39 is 11.8 Å². The predicted octanol–water partition coefficient (Wildman–Crippen LogP) is 4.51. The summed E-state index contributed by atoms with van der Waals surface area (Å²) in [4.78, 5) is 34.4. The van der Waals surface area contributed by atoms with Crippen LogP contribution in [0.1, 0.15) is 20.8 Å². The molecule has 0 unspecified atom stereocenters. The molecule has 12 heteroatoms. The lowest BCUT2D eigenvalue weighted by Crippen LogP contribution is -2.27. The first-order valence-electron chi connectivity index (χ1n) is 11.5. The van der Waals surface area contributed by atoms with Crippen LogP contribution >= 0.6 is 23.2 Å². The number of halogens is 2. The van der Waals surface area contributed by atoms with Crippen LogP contribution in [0, 0.1) is 0 Å². The van der Waals surface area contributed by atoms with E-state index in [1.807, 2.05) is 36.4 Å². The highest BCUT2D eigenvalue weighted by Gasteiger charge is 2.20. The van der Waals surface area contributed by atoms with Crippen molar-refractivity contribution < 1.29 is 9.59 Å². The Kier molecular flexibility index (Phi) is 7.43. The molecule has 3 aromatic heterocycles. The van der Waals surface area contributed by atoms with Gasteiger partial charge >= 0.3 is 0 Å². The number of pyridine rings is 1. The number of anilines is 1. The zero-order valence-electron chi connectivity index (χ0n) is 19.8.